The number of fused-ring (bicyclic) bond motifs is 8. The van der Waals surface area contributed by atoms with Crippen LogP contribution in [0.15, 0.2) is 187 Å². The molecule has 0 fully saturated rings. The molecule has 0 aliphatic rings. The van der Waals surface area contributed by atoms with Gasteiger partial charge in [-0.1, -0.05) is 127 Å². The summed E-state index contributed by atoms with van der Waals surface area (Å²) in [6, 6.07) is 62.5. The lowest BCUT2D eigenvalue weighted by molar-refractivity contribution is 0.669. The molecule has 0 bridgehead atoms. The van der Waals surface area contributed by atoms with E-state index in [9.17, 15) is 0 Å². The first-order chi connectivity index (χ1) is 24.8. The standard InChI is InChI=1S/C47H30N2O/c1-2-11-31(12-3-1)32-20-24-35(25-21-32)49(43-30-45-46(41-18-10-28-48-47(41)43)40-17-8-9-19-44(40)50-45)36-26-22-33(23-27-36)42-29-34-13-4-5-14-37(34)38-15-6-7-16-39(38)42/h1-30H. The summed E-state index contributed by atoms with van der Waals surface area (Å²) < 4.78 is 6.50. The molecule has 0 spiro atoms. The predicted molar refractivity (Wildman–Crippen MR) is 210 cm³/mol. The molecule has 3 heteroatoms. The number of benzene rings is 8. The second kappa shape index (κ2) is 11.5. The minimum Gasteiger partial charge on any atom is -0.456 e. The SMILES string of the molecule is c1ccc(-c2ccc(N(c3ccc(-c4cc5ccccc5c5ccccc45)cc3)c3cc4oc5ccccc5c4c4cccnc34)cc2)cc1. The van der Waals surface area contributed by atoms with Crippen LogP contribution in [0.4, 0.5) is 17.1 Å². The Labute approximate surface area is 289 Å². The van der Waals surface area contributed by atoms with E-state index in [1.165, 1.54) is 43.8 Å². The van der Waals surface area contributed by atoms with Gasteiger partial charge in [0.15, 0.2) is 0 Å². The summed E-state index contributed by atoms with van der Waals surface area (Å²) in [4.78, 5) is 7.30. The Balaban J connectivity index is 1.18. The second-order valence-corrected chi connectivity index (χ2v) is 12.8. The van der Waals surface area contributed by atoms with Crippen LogP contribution in [-0.2, 0) is 0 Å². The Kier molecular flexibility index (Phi) is 6.49. The molecule has 0 saturated carbocycles. The van der Waals surface area contributed by atoms with E-state index >= 15 is 0 Å². The van der Waals surface area contributed by atoms with E-state index in [1.807, 2.05) is 24.4 Å². The average molecular weight is 639 g/mol. The molecule has 0 aliphatic carbocycles. The van der Waals surface area contributed by atoms with Crippen molar-refractivity contribution in [1.82, 2.24) is 4.98 Å². The quantitative estimate of drug-likeness (QED) is 0.176. The van der Waals surface area contributed by atoms with Crippen molar-refractivity contribution < 1.29 is 4.42 Å². The Morgan fingerprint density at radius 3 is 1.80 bits per heavy atom. The number of pyridine rings is 1. The average Bonchev–Trinajstić information content (AvgIpc) is 3.57. The van der Waals surface area contributed by atoms with E-state index in [0.717, 1.165) is 49.9 Å². The largest absolute Gasteiger partial charge is 0.456 e. The Morgan fingerprint density at radius 2 is 1.02 bits per heavy atom. The lowest BCUT2D eigenvalue weighted by atomic mass is 9.93. The maximum Gasteiger partial charge on any atom is 0.138 e. The summed E-state index contributed by atoms with van der Waals surface area (Å²) in [6.45, 7) is 0. The normalized spacial score (nSPS) is 11.6. The summed E-state index contributed by atoms with van der Waals surface area (Å²) in [5, 5.41) is 8.27. The number of hydrogen-bond donors (Lipinski definition) is 0. The van der Waals surface area contributed by atoms with Crippen molar-refractivity contribution >= 4 is 71.4 Å². The molecule has 0 atom stereocenters. The number of furan rings is 1. The number of para-hydroxylation sites is 1. The highest BCUT2D eigenvalue weighted by atomic mass is 16.3. The number of rotatable bonds is 5. The van der Waals surface area contributed by atoms with Gasteiger partial charge >= 0.3 is 0 Å². The fraction of sp³-hybridized carbons (Fsp3) is 0. The molecule has 2 heterocycles. The summed E-state index contributed by atoms with van der Waals surface area (Å²) in [5.41, 5.74) is 10.4. The van der Waals surface area contributed by atoms with E-state index in [2.05, 4.69) is 163 Å². The van der Waals surface area contributed by atoms with Crippen LogP contribution in [-0.4, -0.2) is 4.98 Å². The van der Waals surface area contributed by atoms with Crippen molar-refractivity contribution in [2.75, 3.05) is 4.90 Å². The first kappa shape index (κ1) is 28.3. The molecule has 0 aliphatic heterocycles. The maximum atomic E-state index is 6.50. The van der Waals surface area contributed by atoms with Gasteiger partial charge in [0.2, 0.25) is 0 Å². The zero-order valence-electron chi connectivity index (χ0n) is 27.1. The van der Waals surface area contributed by atoms with Crippen molar-refractivity contribution in [3.63, 3.8) is 0 Å². The number of hydrogen-bond acceptors (Lipinski definition) is 3. The van der Waals surface area contributed by atoms with Gasteiger partial charge in [0.1, 0.15) is 11.2 Å². The third-order valence-corrected chi connectivity index (χ3v) is 9.89. The predicted octanol–water partition coefficient (Wildman–Crippen LogP) is 13.2. The fourth-order valence-electron chi connectivity index (χ4n) is 7.56. The Hall–Kier alpha value is -6.71. The topological polar surface area (TPSA) is 29.3 Å². The summed E-state index contributed by atoms with van der Waals surface area (Å²) in [7, 11) is 0. The van der Waals surface area contributed by atoms with Gasteiger partial charge in [-0.2, -0.15) is 0 Å². The molecule has 0 amide bonds. The molecule has 8 aromatic carbocycles. The fourth-order valence-corrected chi connectivity index (χ4v) is 7.56. The van der Waals surface area contributed by atoms with Crippen molar-refractivity contribution in [2.45, 2.75) is 0 Å². The minimum absolute atomic E-state index is 0.840. The number of nitrogens with zero attached hydrogens (tertiary/aromatic N) is 2. The molecule has 10 rings (SSSR count). The van der Waals surface area contributed by atoms with E-state index in [1.54, 1.807) is 0 Å². The van der Waals surface area contributed by atoms with E-state index < -0.39 is 0 Å². The van der Waals surface area contributed by atoms with Crippen LogP contribution in [0.2, 0.25) is 0 Å². The molecule has 234 valence electrons. The summed E-state index contributed by atoms with van der Waals surface area (Å²) in [6.07, 6.45) is 1.88. The van der Waals surface area contributed by atoms with Gasteiger partial charge < -0.3 is 9.32 Å². The van der Waals surface area contributed by atoms with Gasteiger partial charge in [0, 0.05) is 39.8 Å². The minimum atomic E-state index is 0.840. The van der Waals surface area contributed by atoms with Crippen LogP contribution in [0.5, 0.6) is 0 Å². The van der Waals surface area contributed by atoms with Crippen LogP contribution in [0.1, 0.15) is 0 Å². The molecule has 0 unspecified atom stereocenters. The Morgan fingerprint density at radius 1 is 0.420 bits per heavy atom. The lowest BCUT2D eigenvalue weighted by Crippen LogP contribution is -2.11. The lowest BCUT2D eigenvalue weighted by Gasteiger charge is -2.27. The van der Waals surface area contributed by atoms with Crippen LogP contribution < -0.4 is 4.90 Å². The zero-order valence-corrected chi connectivity index (χ0v) is 27.1. The highest BCUT2D eigenvalue weighted by molar-refractivity contribution is 6.21. The Bertz CT molecular complexity index is 2850. The van der Waals surface area contributed by atoms with Gasteiger partial charge in [-0.3, -0.25) is 4.98 Å². The molecule has 0 radical (unpaired) electrons. The highest BCUT2D eigenvalue weighted by Gasteiger charge is 2.21. The molecular weight excluding hydrogens is 609 g/mol. The molecule has 3 nitrogen and oxygen atoms in total. The number of aromatic nitrogens is 1. The first-order valence-corrected chi connectivity index (χ1v) is 17.0. The monoisotopic (exact) mass is 638 g/mol. The van der Waals surface area contributed by atoms with Gasteiger partial charge in [0.25, 0.3) is 0 Å². The third-order valence-electron chi connectivity index (χ3n) is 9.89. The van der Waals surface area contributed by atoms with E-state index in [-0.39, 0.29) is 0 Å². The van der Waals surface area contributed by atoms with Crippen molar-refractivity contribution in [2.24, 2.45) is 0 Å². The maximum absolute atomic E-state index is 6.50. The van der Waals surface area contributed by atoms with Crippen molar-refractivity contribution in [1.29, 1.82) is 0 Å². The van der Waals surface area contributed by atoms with E-state index in [0.29, 0.717) is 0 Å². The van der Waals surface area contributed by atoms with Crippen molar-refractivity contribution in [3.05, 3.63) is 182 Å². The molecule has 2 aromatic heterocycles. The van der Waals surface area contributed by atoms with Crippen LogP contribution >= 0.6 is 0 Å². The van der Waals surface area contributed by atoms with Gasteiger partial charge in [0.05, 0.1) is 11.2 Å². The van der Waals surface area contributed by atoms with Crippen LogP contribution in [0.3, 0.4) is 0 Å². The molecule has 0 saturated heterocycles. The van der Waals surface area contributed by atoms with Gasteiger partial charge in [-0.15, -0.1) is 0 Å². The highest BCUT2D eigenvalue weighted by Crippen LogP contribution is 2.45. The van der Waals surface area contributed by atoms with Crippen LogP contribution in [0.25, 0.3) is 76.6 Å². The second-order valence-electron chi connectivity index (χ2n) is 12.8. The number of anilines is 3. The van der Waals surface area contributed by atoms with Crippen molar-refractivity contribution in [3.8, 4) is 22.3 Å². The third kappa shape index (κ3) is 4.56. The molecule has 50 heavy (non-hydrogen) atoms. The molecule has 10 aromatic rings. The van der Waals surface area contributed by atoms with Gasteiger partial charge in [-0.05, 0) is 86.3 Å². The van der Waals surface area contributed by atoms with Crippen LogP contribution in [0, 0.1) is 0 Å². The molecule has 0 N–H and O–H groups in total. The zero-order chi connectivity index (χ0) is 33.0. The smallest absolute Gasteiger partial charge is 0.138 e. The summed E-state index contributed by atoms with van der Waals surface area (Å²) in [5.74, 6) is 0. The first-order valence-electron chi connectivity index (χ1n) is 17.0. The van der Waals surface area contributed by atoms with E-state index in [4.69, 9.17) is 9.40 Å². The molecular formula is C47H30N2O. The summed E-state index contributed by atoms with van der Waals surface area (Å²) >= 11 is 0. The van der Waals surface area contributed by atoms with Gasteiger partial charge in [-0.25, -0.2) is 0 Å².